The molecule has 2 aromatic rings. The molecule has 0 aliphatic heterocycles. The van der Waals surface area contributed by atoms with E-state index in [1.165, 1.54) is 43.2 Å². The number of aryl methyl sites for hydroxylation is 1. The number of hydrogen-bond acceptors (Lipinski definition) is 1. The SMILES string of the molecule is C[C@@H](COCc1ccccc1)[C@H]1CCC[C@H]1CCc1ccccc1. The van der Waals surface area contributed by atoms with E-state index in [1.54, 1.807) is 0 Å². The van der Waals surface area contributed by atoms with Gasteiger partial charge in [0.05, 0.1) is 6.61 Å². The van der Waals surface area contributed by atoms with Crippen molar-refractivity contribution in [2.45, 2.75) is 45.6 Å². The highest BCUT2D eigenvalue weighted by atomic mass is 16.5. The van der Waals surface area contributed by atoms with Crippen LogP contribution in [0.25, 0.3) is 0 Å². The molecule has 0 saturated heterocycles. The summed E-state index contributed by atoms with van der Waals surface area (Å²) in [6, 6.07) is 21.4. The molecular formula is C23H30O. The van der Waals surface area contributed by atoms with Gasteiger partial charge in [-0.3, -0.25) is 0 Å². The van der Waals surface area contributed by atoms with E-state index in [0.717, 1.165) is 25.0 Å². The second-order valence-corrected chi connectivity index (χ2v) is 7.36. The van der Waals surface area contributed by atoms with Gasteiger partial charge in [0.15, 0.2) is 0 Å². The van der Waals surface area contributed by atoms with Crippen LogP contribution in [0.1, 0.15) is 43.7 Å². The Morgan fingerprint density at radius 1 is 0.917 bits per heavy atom. The molecule has 0 aromatic heterocycles. The fourth-order valence-corrected chi connectivity index (χ4v) is 4.23. The van der Waals surface area contributed by atoms with E-state index in [4.69, 9.17) is 4.74 Å². The third-order valence-corrected chi connectivity index (χ3v) is 5.59. The fourth-order valence-electron chi connectivity index (χ4n) is 4.23. The van der Waals surface area contributed by atoms with Crippen LogP contribution >= 0.6 is 0 Å². The molecule has 1 aliphatic carbocycles. The molecule has 2 aromatic carbocycles. The topological polar surface area (TPSA) is 9.23 Å². The summed E-state index contributed by atoms with van der Waals surface area (Å²) >= 11 is 0. The molecule has 0 unspecified atom stereocenters. The van der Waals surface area contributed by atoms with Crippen molar-refractivity contribution in [3.05, 3.63) is 71.8 Å². The van der Waals surface area contributed by atoms with Crippen LogP contribution in [0.2, 0.25) is 0 Å². The molecule has 0 bridgehead atoms. The molecule has 1 aliphatic rings. The molecule has 1 heteroatoms. The van der Waals surface area contributed by atoms with Gasteiger partial charge in [-0.05, 0) is 48.1 Å². The minimum atomic E-state index is 0.664. The van der Waals surface area contributed by atoms with Gasteiger partial charge in [-0.15, -0.1) is 0 Å². The molecular weight excluding hydrogens is 292 g/mol. The first kappa shape index (κ1) is 17.2. The molecule has 1 nitrogen and oxygen atoms in total. The van der Waals surface area contributed by atoms with Crippen molar-refractivity contribution in [3.63, 3.8) is 0 Å². The summed E-state index contributed by atoms with van der Waals surface area (Å²) in [5, 5.41) is 0. The number of hydrogen-bond donors (Lipinski definition) is 0. The normalized spacial score (nSPS) is 21.7. The van der Waals surface area contributed by atoms with Crippen molar-refractivity contribution < 1.29 is 4.74 Å². The Labute approximate surface area is 147 Å². The van der Waals surface area contributed by atoms with Crippen molar-refractivity contribution in [2.75, 3.05) is 6.61 Å². The molecule has 24 heavy (non-hydrogen) atoms. The minimum Gasteiger partial charge on any atom is -0.376 e. The molecule has 3 rings (SSSR count). The largest absolute Gasteiger partial charge is 0.376 e. The maximum absolute atomic E-state index is 6.01. The van der Waals surface area contributed by atoms with Crippen LogP contribution in [0.15, 0.2) is 60.7 Å². The van der Waals surface area contributed by atoms with Crippen molar-refractivity contribution >= 4 is 0 Å². The fraction of sp³-hybridized carbons (Fsp3) is 0.478. The van der Waals surface area contributed by atoms with Gasteiger partial charge in [0.2, 0.25) is 0 Å². The van der Waals surface area contributed by atoms with Crippen LogP contribution < -0.4 is 0 Å². The van der Waals surface area contributed by atoms with Crippen LogP contribution in [0.5, 0.6) is 0 Å². The van der Waals surface area contributed by atoms with Crippen LogP contribution in [-0.2, 0) is 17.8 Å². The lowest BCUT2D eigenvalue weighted by molar-refractivity contribution is 0.0631. The van der Waals surface area contributed by atoms with Crippen molar-refractivity contribution in [1.82, 2.24) is 0 Å². The first-order chi connectivity index (χ1) is 11.8. The minimum absolute atomic E-state index is 0.664. The zero-order chi connectivity index (χ0) is 16.6. The van der Waals surface area contributed by atoms with Crippen molar-refractivity contribution in [2.24, 2.45) is 17.8 Å². The molecule has 3 atom stereocenters. The molecule has 0 N–H and O–H groups in total. The standard InChI is InChI=1S/C23H30O/c1-19(17-24-18-21-11-6-3-7-12-21)23-14-8-13-22(23)16-15-20-9-4-2-5-10-20/h2-7,9-12,19,22-23H,8,13-18H2,1H3/t19-,22-,23+/m0/s1. The quantitative estimate of drug-likeness (QED) is 0.589. The second kappa shape index (κ2) is 9.03. The van der Waals surface area contributed by atoms with Gasteiger partial charge in [0, 0.05) is 6.61 Å². The first-order valence-electron chi connectivity index (χ1n) is 9.48. The zero-order valence-electron chi connectivity index (χ0n) is 14.9. The molecule has 0 heterocycles. The van der Waals surface area contributed by atoms with E-state index >= 15 is 0 Å². The zero-order valence-corrected chi connectivity index (χ0v) is 14.9. The van der Waals surface area contributed by atoms with Gasteiger partial charge in [0.25, 0.3) is 0 Å². The van der Waals surface area contributed by atoms with E-state index in [-0.39, 0.29) is 0 Å². The van der Waals surface area contributed by atoms with Gasteiger partial charge < -0.3 is 4.74 Å². The Morgan fingerprint density at radius 3 is 2.29 bits per heavy atom. The third kappa shape index (κ3) is 4.95. The molecule has 0 amide bonds. The smallest absolute Gasteiger partial charge is 0.0717 e. The third-order valence-electron chi connectivity index (χ3n) is 5.59. The number of ether oxygens (including phenoxy) is 1. The molecule has 128 valence electrons. The van der Waals surface area contributed by atoms with Crippen LogP contribution in [-0.4, -0.2) is 6.61 Å². The Bertz CT molecular complexity index is 577. The lowest BCUT2D eigenvalue weighted by atomic mass is 9.82. The van der Waals surface area contributed by atoms with E-state index in [1.807, 2.05) is 0 Å². The summed E-state index contributed by atoms with van der Waals surface area (Å²) in [6.07, 6.45) is 6.74. The average Bonchev–Trinajstić information content (AvgIpc) is 3.10. The Morgan fingerprint density at radius 2 is 1.58 bits per heavy atom. The van der Waals surface area contributed by atoms with E-state index in [2.05, 4.69) is 67.6 Å². The van der Waals surface area contributed by atoms with E-state index in [0.29, 0.717) is 5.92 Å². The summed E-state index contributed by atoms with van der Waals surface area (Å²) in [4.78, 5) is 0. The van der Waals surface area contributed by atoms with Crippen molar-refractivity contribution in [1.29, 1.82) is 0 Å². The van der Waals surface area contributed by atoms with E-state index < -0.39 is 0 Å². The monoisotopic (exact) mass is 322 g/mol. The predicted octanol–water partition coefficient (Wildman–Crippen LogP) is 5.89. The highest BCUT2D eigenvalue weighted by Crippen LogP contribution is 2.39. The summed E-state index contributed by atoms with van der Waals surface area (Å²) in [5.74, 6) is 2.38. The summed E-state index contributed by atoms with van der Waals surface area (Å²) < 4.78 is 6.01. The lowest BCUT2D eigenvalue weighted by Crippen LogP contribution is -2.21. The van der Waals surface area contributed by atoms with Crippen molar-refractivity contribution in [3.8, 4) is 0 Å². The van der Waals surface area contributed by atoms with Gasteiger partial charge in [-0.2, -0.15) is 0 Å². The second-order valence-electron chi connectivity index (χ2n) is 7.36. The Hall–Kier alpha value is -1.60. The summed E-state index contributed by atoms with van der Waals surface area (Å²) in [5.41, 5.74) is 2.76. The molecule has 1 saturated carbocycles. The van der Waals surface area contributed by atoms with Crippen LogP contribution in [0.4, 0.5) is 0 Å². The van der Waals surface area contributed by atoms with Gasteiger partial charge >= 0.3 is 0 Å². The molecule has 0 spiro atoms. The van der Waals surface area contributed by atoms with Gasteiger partial charge in [-0.1, -0.05) is 80.4 Å². The van der Waals surface area contributed by atoms with Crippen LogP contribution in [0.3, 0.4) is 0 Å². The number of rotatable bonds is 8. The number of benzene rings is 2. The molecule has 1 fully saturated rings. The first-order valence-corrected chi connectivity index (χ1v) is 9.48. The predicted molar refractivity (Wildman–Crippen MR) is 101 cm³/mol. The van der Waals surface area contributed by atoms with E-state index in [9.17, 15) is 0 Å². The molecule has 0 radical (unpaired) electrons. The Balaban J connectivity index is 1.44. The Kier molecular flexibility index (Phi) is 6.48. The average molecular weight is 322 g/mol. The maximum Gasteiger partial charge on any atom is 0.0717 e. The highest BCUT2D eigenvalue weighted by Gasteiger charge is 2.31. The summed E-state index contributed by atoms with van der Waals surface area (Å²) in [7, 11) is 0. The van der Waals surface area contributed by atoms with Gasteiger partial charge in [0.1, 0.15) is 0 Å². The lowest BCUT2D eigenvalue weighted by Gasteiger charge is -2.26. The summed E-state index contributed by atoms with van der Waals surface area (Å²) in [6.45, 7) is 4.02. The van der Waals surface area contributed by atoms with Crippen LogP contribution in [0, 0.1) is 17.8 Å². The highest BCUT2D eigenvalue weighted by molar-refractivity contribution is 5.15. The maximum atomic E-state index is 6.01. The van der Waals surface area contributed by atoms with Gasteiger partial charge in [-0.25, -0.2) is 0 Å².